The maximum absolute atomic E-state index is 11.8. The summed E-state index contributed by atoms with van der Waals surface area (Å²) in [6.07, 6.45) is 0.553. The van der Waals surface area contributed by atoms with E-state index < -0.39 is 0 Å². The molecule has 1 unspecified atom stereocenters. The van der Waals surface area contributed by atoms with E-state index in [0.29, 0.717) is 32.7 Å². The van der Waals surface area contributed by atoms with E-state index in [1.54, 1.807) is 0 Å². The monoisotopic (exact) mass is 311 g/mol. The number of ether oxygens (including phenoxy) is 1. The Labute approximate surface area is 130 Å². The highest BCUT2D eigenvalue weighted by molar-refractivity contribution is 5.73. The highest BCUT2D eigenvalue weighted by atomic mass is 16.5. The minimum atomic E-state index is -0.227. The van der Waals surface area contributed by atoms with Crippen molar-refractivity contribution in [3.8, 4) is 0 Å². The van der Waals surface area contributed by atoms with Gasteiger partial charge in [0.2, 0.25) is 0 Å². The van der Waals surface area contributed by atoms with Crippen molar-refractivity contribution >= 4 is 6.03 Å². The van der Waals surface area contributed by atoms with Gasteiger partial charge in [-0.1, -0.05) is 0 Å². The smallest absolute Gasteiger partial charge is 0.314 e. The van der Waals surface area contributed by atoms with Crippen LogP contribution in [0.3, 0.4) is 0 Å². The van der Waals surface area contributed by atoms with Gasteiger partial charge in [-0.2, -0.15) is 0 Å². The van der Waals surface area contributed by atoms with Gasteiger partial charge in [-0.15, -0.1) is 0 Å². The van der Waals surface area contributed by atoms with Crippen LogP contribution in [-0.4, -0.2) is 62.0 Å². The maximum atomic E-state index is 11.8. The van der Waals surface area contributed by atoms with Crippen LogP contribution in [0, 0.1) is 6.92 Å². The molecule has 3 N–H and O–H groups in total. The van der Waals surface area contributed by atoms with Gasteiger partial charge in [-0.3, -0.25) is 4.90 Å². The molecule has 22 heavy (non-hydrogen) atoms. The number of aliphatic hydroxyl groups is 1. The van der Waals surface area contributed by atoms with Crippen LogP contribution < -0.4 is 10.6 Å². The van der Waals surface area contributed by atoms with Crippen LogP contribution in [0.25, 0.3) is 0 Å². The molecule has 0 radical (unpaired) electrons. The molecule has 2 heterocycles. The lowest BCUT2D eigenvalue weighted by molar-refractivity contribution is 0.0121. The fraction of sp³-hybridized carbons (Fsp3) is 0.667. The third-order valence-electron chi connectivity index (χ3n) is 3.65. The van der Waals surface area contributed by atoms with E-state index >= 15 is 0 Å². The molecule has 1 saturated heterocycles. The molecule has 0 saturated carbocycles. The molecule has 7 nitrogen and oxygen atoms in total. The Morgan fingerprint density at radius 3 is 2.77 bits per heavy atom. The summed E-state index contributed by atoms with van der Waals surface area (Å²) in [7, 11) is 0. The first-order chi connectivity index (χ1) is 10.7. The Kier molecular flexibility index (Phi) is 6.70. The number of nitrogens with zero attached hydrogens (tertiary/aromatic N) is 1. The van der Waals surface area contributed by atoms with Crippen molar-refractivity contribution in [3.63, 3.8) is 0 Å². The Bertz CT molecular complexity index is 457. The average Bonchev–Trinajstić information content (AvgIpc) is 2.95. The third kappa shape index (κ3) is 5.01. The normalized spacial score (nSPS) is 17.2. The SMILES string of the molecule is Cc1ccc(C(CNC(=O)NCCCO)N2CCOCC2)o1. The molecule has 7 heteroatoms. The molecule has 1 aromatic heterocycles. The largest absolute Gasteiger partial charge is 0.465 e. The molecule has 0 aromatic carbocycles. The second-order valence-electron chi connectivity index (χ2n) is 5.33. The molecule has 0 spiro atoms. The molecule has 0 aliphatic carbocycles. The van der Waals surface area contributed by atoms with Crippen molar-refractivity contribution in [1.82, 2.24) is 15.5 Å². The van der Waals surface area contributed by atoms with Gasteiger partial charge < -0.3 is 24.9 Å². The topological polar surface area (TPSA) is 87.0 Å². The number of furan rings is 1. The van der Waals surface area contributed by atoms with Crippen LogP contribution in [0.2, 0.25) is 0 Å². The second-order valence-corrected chi connectivity index (χ2v) is 5.33. The van der Waals surface area contributed by atoms with E-state index in [1.807, 2.05) is 19.1 Å². The molecule has 0 bridgehead atoms. The fourth-order valence-corrected chi connectivity index (χ4v) is 2.46. The number of aryl methyl sites for hydroxylation is 1. The predicted molar refractivity (Wildman–Crippen MR) is 81.7 cm³/mol. The number of carbonyl (C=O) groups is 1. The summed E-state index contributed by atoms with van der Waals surface area (Å²) in [5.74, 6) is 1.72. The number of hydrogen-bond donors (Lipinski definition) is 3. The van der Waals surface area contributed by atoms with Gasteiger partial charge in [0.1, 0.15) is 11.5 Å². The summed E-state index contributed by atoms with van der Waals surface area (Å²) in [5.41, 5.74) is 0. The van der Waals surface area contributed by atoms with Crippen LogP contribution in [-0.2, 0) is 4.74 Å². The van der Waals surface area contributed by atoms with E-state index in [0.717, 1.165) is 24.6 Å². The number of nitrogens with one attached hydrogen (secondary N) is 2. The van der Waals surface area contributed by atoms with Gasteiger partial charge in [0.15, 0.2) is 0 Å². The molecule has 2 rings (SSSR count). The zero-order chi connectivity index (χ0) is 15.8. The number of rotatable bonds is 7. The van der Waals surface area contributed by atoms with Crippen LogP contribution >= 0.6 is 0 Å². The summed E-state index contributed by atoms with van der Waals surface area (Å²) in [6.45, 7) is 5.94. The fourth-order valence-electron chi connectivity index (χ4n) is 2.46. The van der Waals surface area contributed by atoms with Crippen molar-refractivity contribution in [2.45, 2.75) is 19.4 Å². The summed E-state index contributed by atoms with van der Waals surface area (Å²) < 4.78 is 11.1. The quantitative estimate of drug-likeness (QED) is 0.643. The minimum absolute atomic E-state index is 0.00110. The van der Waals surface area contributed by atoms with Gasteiger partial charge in [-0.25, -0.2) is 4.79 Å². The van der Waals surface area contributed by atoms with Crippen LogP contribution in [0.1, 0.15) is 24.0 Å². The van der Waals surface area contributed by atoms with Crippen molar-refractivity contribution in [3.05, 3.63) is 23.7 Å². The molecule has 1 atom stereocenters. The second kappa shape index (κ2) is 8.77. The number of urea groups is 1. The van der Waals surface area contributed by atoms with E-state index in [4.69, 9.17) is 14.3 Å². The molecule has 124 valence electrons. The summed E-state index contributed by atoms with van der Waals surface area (Å²) in [6, 6.07) is 3.67. The Morgan fingerprint density at radius 1 is 1.36 bits per heavy atom. The van der Waals surface area contributed by atoms with E-state index in [2.05, 4.69) is 15.5 Å². The van der Waals surface area contributed by atoms with E-state index in [-0.39, 0.29) is 18.7 Å². The van der Waals surface area contributed by atoms with E-state index in [9.17, 15) is 4.79 Å². The zero-order valence-electron chi connectivity index (χ0n) is 13.0. The van der Waals surface area contributed by atoms with Crippen LogP contribution in [0.15, 0.2) is 16.5 Å². The molecular weight excluding hydrogens is 286 g/mol. The van der Waals surface area contributed by atoms with Gasteiger partial charge in [0.25, 0.3) is 0 Å². The lowest BCUT2D eigenvalue weighted by Crippen LogP contribution is -2.45. The van der Waals surface area contributed by atoms with Gasteiger partial charge >= 0.3 is 6.03 Å². The van der Waals surface area contributed by atoms with Crippen molar-refractivity contribution in [2.24, 2.45) is 0 Å². The highest BCUT2D eigenvalue weighted by Gasteiger charge is 2.25. The van der Waals surface area contributed by atoms with Crippen molar-refractivity contribution < 1.29 is 19.1 Å². The van der Waals surface area contributed by atoms with Gasteiger partial charge in [0.05, 0.1) is 19.3 Å². The van der Waals surface area contributed by atoms with Crippen LogP contribution in [0.5, 0.6) is 0 Å². The first kappa shape index (κ1) is 16.8. The van der Waals surface area contributed by atoms with Gasteiger partial charge in [0, 0.05) is 32.8 Å². The minimum Gasteiger partial charge on any atom is -0.465 e. The highest BCUT2D eigenvalue weighted by Crippen LogP contribution is 2.23. The molecule has 1 aromatic rings. The lowest BCUT2D eigenvalue weighted by Gasteiger charge is -2.33. The molecule has 1 fully saturated rings. The molecule has 1 aliphatic rings. The first-order valence-corrected chi connectivity index (χ1v) is 7.71. The Hall–Kier alpha value is -1.57. The van der Waals surface area contributed by atoms with Crippen LogP contribution in [0.4, 0.5) is 4.79 Å². The van der Waals surface area contributed by atoms with Crippen molar-refractivity contribution in [2.75, 3.05) is 46.0 Å². The number of amides is 2. The molecule has 1 aliphatic heterocycles. The number of morpholine rings is 1. The number of carbonyl (C=O) groups excluding carboxylic acids is 1. The standard InChI is InChI=1S/C15H25N3O4/c1-12-3-4-14(22-12)13(18-6-9-21-10-7-18)11-17-15(20)16-5-2-8-19/h3-4,13,19H,2,5-11H2,1H3,(H2,16,17,20). The lowest BCUT2D eigenvalue weighted by atomic mass is 10.1. The van der Waals surface area contributed by atoms with Crippen molar-refractivity contribution in [1.29, 1.82) is 0 Å². The summed E-state index contributed by atoms with van der Waals surface area (Å²) >= 11 is 0. The first-order valence-electron chi connectivity index (χ1n) is 7.71. The number of aliphatic hydroxyl groups excluding tert-OH is 1. The average molecular weight is 311 g/mol. The number of hydrogen-bond acceptors (Lipinski definition) is 5. The molecular formula is C15H25N3O4. The zero-order valence-corrected chi connectivity index (χ0v) is 13.0. The third-order valence-corrected chi connectivity index (χ3v) is 3.65. The van der Waals surface area contributed by atoms with Gasteiger partial charge in [-0.05, 0) is 25.5 Å². The van der Waals surface area contributed by atoms with E-state index in [1.165, 1.54) is 0 Å². The summed E-state index contributed by atoms with van der Waals surface area (Å²) in [4.78, 5) is 14.0. The Balaban J connectivity index is 1.91. The predicted octanol–water partition coefficient (Wildman–Crippen LogP) is 0.643. The Morgan fingerprint density at radius 2 is 2.14 bits per heavy atom. The molecule has 2 amide bonds. The summed E-state index contributed by atoms with van der Waals surface area (Å²) in [5, 5.41) is 14.3. The maximum Gasteiger partial charge on any atom is 0.314 e.